The largest absolute Gasteiger partial charge is 0.374 e. The first-order chi connectivity index (χ1) is 9.20. The Morgan fingerprint density at radius 2 is 1.55 bits per heavy atom. The third-order valence-electron chi connectivity index (χ3n) is 3.72. The zero-order valence-electron chi connectivity index (χ0n) is 13.6. The molecule has 3 heteroatoms. The van der Waals surface area contributed by atoms with Crippen molar-refractivity contribution in [2.24, 2.45) is 7.05 Å². The molecule has 1 aromatic heterocycles. The maximum absolute atomic E-state index is 4.61. The van der Waals surface area contributed by atoms with E-state index in [0.717, 1.165) is 5.69 Å². The highest BCUT2D eigenvalue weighted by molar-refractivity contribution is 5.60. The summed E-state index contributed by atoms with van der Waals surface area (Å²) in [7, 11) is 1.97. The van der Waals surface area contributed by atoms with E-state index in [9.17, 15) is 0 Å². The van der Waals surface area contributed by atoms with E-state index in [1.165, 1.54) is 27.9 Å². The summed E-state index contributed by atoms with van der Waals surface area (Å²) in [6, 6.07) is 4.44. The lowest BCUT2D eigenvalue weighted by Gasteiger charge is -2.29. The molecule has 2 rings (SSSR count). The smallest absolute Gasteiger partial charge is 0.0901 e. The molecule has 1 aromatic carbocycles. The molecule has 0 saturated heterocycles. The number of hydrogen-bond acceptors (Lipinski definition) is 2. The number of nitrogens with zero attached hydrogens (tertiary/aromatic N) is 2. The number of rotatable bonds is 3. The minimum atomic E-state index is -0.198. The van der Waals surface area contributed by atoms with Gasteiger partial charge in [-0.25, -0.2) is 0 Å². The zero-order valence-corrected chi connectivity index (χ0v) is 13.6. The van der Waals surface area contributed by atoms with Gasteiger partial charge in [0.05, 0.1) is 11.2 Å². The second-order valence-corrected chi connectivity index (χ2v) is 6.36. The van der Waals surface area contributed by atoms with E-state index in [2.05, 4.69) is 70.3 Å². The van der Waals surface area contributed by atoms with Gasteiger partial charge in [-0.15, -0.1) is 0 Å². The van der Waals surface area contributed by atoms with Gasteiger partial charge in [0.15, 0.2) is 0 Å². The van der Waals surface area contributed by atoms with E-state index >= 15 is 0 Å². The maximum Gasteiger partial charge on any atom is 0.0901 e. The third-order valence-corrected chi connectivity index (χ3v) is 3.72. The van der Waals surface area contributed by atoms with Gasteiger partial charge in [0, 0.05) is 18.9 Å². The summed E-state index contributed by atoms with van der Waals surface area (Å²) in [6.45, 7) is 12.9. The second kappa shape index (κ2) is 4.97. The Labute approximate surface area is 122 Å². The Kier molecular flexibility index (Phi) is 3.63. The van der Waals surface area contributed by atoms with E-state index in [1.54, 1.807) is 0 Å². The van der Waals surface area contributed by atoms with Crippen molar-refractivity contribution >= 4 is 5.69 Å². The number of hydrogen-bond donors (Lipinski definition) is 1. The Bertz CT molecular complexity index is 613. The summed E-state index contributed by atoms with van der Waals surface area (Å²) >= 11 is 0. The van der Waals surface area contributed by atoms with E-state index < -0.39 is 0 Å². The molecule has 0 spiro atoms. The number of benzene rings is 1. The van der Waals surface area contributed by atoms with Gasteiger partial charge in [0.25, 0.3) is 0 Å². The van der Waals surface area contributed by atoms with E-state index in [1.807, 2.05) is 11.7 Å². The lowest BCUT2D eigenvalue weighted by atomic mass is 9.95. The second-order valence-electron chi connectivity index (χ2n) is 6.36. The molecule has 0 aliphatic heterocycles. The van der Waals surface area contributed by atoms with Gasteiger partial charge in [0.1, 0.15) is 0 Å². The summed E-state index contributed by atoms with van der Waals surface area (Å²) in [6.07, 6.45) is 2.06. The molecular weight excluding hydrogens is 246 g/mol. The SMILES string of the molecule is Cc1cc(C)c(NC(C)(C)c2nn(C)cc2C)c(C)c1. The van der Waals surface area contributed by atoms with Gasteiger partial charge in [0.2, 0.25) is 0 Å². The van der Waals surface area contributed by atoms with Crippen molar-refractivity contribution in [1.29, 1.82) is 0 Å². The quantitative estimate of drug-likeness (QED) is 0.914. The van der Waals surface area contributed by atoms with Crippen molar-refractivity contribution in [1.82, 2.24) is 9.78 Å². The first-order valence-electron chi connectivity index (χ1n) is 7.07. The van der Waals surface area contributed by atoms with Crippen LogP contribution in [0.5, 0.6) is 0 Å². The highest BCUT2D eigenvalue weighted by Gasteiger charge is 2.26. The molecule has 0 unspecified atom stereocenters. The molecular formula is C17H25N3. The van der Waals surface area contributed by atoms with Crippen molar-refractivity contribution in [2.75, 3.05) is 5.32 Å². The average molecular weight is 271 g/mol. The molecule has 20 heavy (non-hydrogen) atoms. The van der Waals surface area contributed by atoms with Crippen molar-refractivity contribution in [2.45, 2.75) is 47.1 Å². The molecule has 0 aliphatic carbocycles. The van der Waals surface area contributed by atoms with Crippen LogP contribution >= 0.6 is 0 Å². The molecule has 0 saturated carbocycles. The molecule has 0 fully saturated rings. The van der Waals surface area contributed by atoms with Crippen LogP contribution in [0.1, 0.15) is 41.8 Å². The zero-order chi connectivity index (χ0) is 15.1. The summed E-state index contributed by atoms with van der Waals surface area (Å²) in [4.78, 5) is 0. The first kappa shape index (κ1) is 14.6. The molecule has 1 heterocycles. The number of nitrogens with one attached hydrogen (secondary N) is 1. The van der Waals surface area contributed by atoms with Crippen LogP contribution in [-0.2, 0) is 12.6 Å². The van der Waals surface area contributed by atoms with Crippen LogP contribution in [0.25, 0.3) is 0 Å². The van der Waals surface area contributed by atoms with Crippen LogP contribution in [0, 0.1) is 27.7 Å². The fraction of sp³-hybridized carbons (Fsp3) is 0.471. The van der Waals surface area contributed by atoms with Crippen LogP contribution < -0.4 is 5.32 Å². The van der Waals surface area contributed by atoms with Crippen molar-refractivity contribution in [3.05, 3.63) is 46.3 Å². The lowest BCUT2D eigenvalue weighted by molar-refractivity contribution is 0.565. The molecule has 1 N–H and O–H groups in total. The van der Waals surface area contributed by atoms with Crippen molar-refractivity contribution in [3.63, 3.8) is 0 Å². The highest BCUT2D eigenvalue weighted by atomic mass is 15.3. The van der Waals surface area contributed by atoms with Gasteiger partial charge < -0.3 is 5.32 Å². The number of aryl methyl sites for hydroxylation is 5. The van der Waals surface area contributed by atoms with Gasteiger partial charge in [-0.05, 0) is 58.2 Å². The monoisotopic (exact) mass is 271 g/mol. The van der Waals surface area contributed by atoms with Crippen LogP contribution in [0.4, 0.5) is 5.69 Å². The van der Waals surface area contributed by atoms with E-state index in [0.29, 0.717) is 0 Å². The Hall–Kier alpha value is -1.77. The van der Waals surface area contributed by atoms with E-state index in [4.69, 9.17) is 0 Å². The van der Waals surface area contributed by atoms with Crippen molar-refractivity contribution in [3.8, 4) is 0 Å². The molecule has 0 aliphatic rings. The highest BCUT2D eigenvalue weighted by Crippen LogP contribution is 2.31. The standard InChI is InChI=1S/C17H25N3/c1-11-8-12(2)15(13(3)9-11)18-17(5,6)16-14(4)10-20(7)19-16/h8-10,18H,1-7H3. The minimum absolute atomic E-state index is 0.198. The van der Waals surface area contributed by atoms with Crippen LogP contribution in [0.3, 0.4) is 0 Å². The predicted molar refractivity (Wildman–Crippen MR) is 85.2 cm³/mol. The van der Waals surface area contributed by atoms with Crippen LogP contribution in [0.2, 0.25) is 0 Å². The van der Waals surface area contributed by atoms with Gasteiger partial charge in [-0.3, -0.25) is 4.68 Å². The Balaban J connectivity index is 2.40. The molecule has 0 amide bonds. The lowest BCUT2D eigenvalue weighted by Crippen LogP contribution is -2.30. The number of anilines is 1. The fourth-order valence-electron chi connectivity index (χ4n) is 2.97. The fourth-order valence-corrected chi connectivity index (χ4v) is 2.97. The number of aromatic nitrogens is 2. The Morgan fingerprint density at radius 1 is 1.00 bits per heavy atom. The minimum Gasteiger partial charge on any atom is -0.374 e. The predicted octanol–water partition coefficient (Wildman–Crippen LogP) is 4.00. The van der Waals surface area contributed by atoms with Gasteiger partial charge in [-0.2, -0.15) is 5.10 Å². The topological polar surface area (TPSA) is 29.9 Å². The van der Waals surface area contributed by atoms with E-state index in [-0.39, 0.29) is 5.54 Å². The van der Waals surface area contributed by atoms with Crippen LogP contribution in [0.15, 0.2) is 18.3 Å². The maximum atomic E-state index is 4.61. The third kappa shape index (κ3) is 2.72. The molecule has 108 valence electrons. The Morgan fingerprint density at radius 3 is 2.00 bits per heavy atom. The molecule has 0 bridgehead atoms. The molecule has 2 aromatic rings. The summed E-state index contributed by atoms with van der Waals surface area (Å²) in [5.74, 6) is 0. The molecule has 0 radical (unpaired) electrons. The summed E-state index contributed by atoms with van der Waals surface area (Å²) in [5, 5.41) is 8.29. The van der Waals surface area contributed by atoms with Crippen LogP contribution in [-0.4, -0.2) is 9.78 Å². The first-order valence-corrected chi connectivity index (χ1v) is 7.07. The normalized spacial score (nSPS) is 11.8. The summed E-state index contributed by atoms with van der Waals surface area (Å²) < 4.78 is 1.88. The van der Waals surface area contributed by atoms with Gasteiger partial charge >= 0.3 is 0 Å². The molecule has 0 atom stereocenters. The van der Waals surface area contributed by atoms with Gasteiger partial charge in [-0.1, -0.05) is 17.7 Å². The molecule has 3 nitrogen and oxygen atoms in total. The summed E-state index contributed by atoms with van der Waals surface area (Å²) in [5.41, 5.74) is 7.19. The van der Waals surface area contributed by atoms with Crippen molar-refractivity contribution < 1.29 is 0 Å². The average Bonchev–Trinajstić information content (AvgIpc) is 2.64.